The summed E-state index contributed by atoms with van der Waals surface area (Å²) >= 11 is 9.06. The molecule has 92 valence electrons. The Bertz CT molecular complexity index is 418. The summed E-state index contributed by atoms with van der Waals surface area (Å²) in [6, 6.07) is 6.95. The first-order valence-electron chi connectivity index (χ1n) is 5.02. The van der Waals surface area contributed by atoms with Crippen molar-refractivity contribution in [2.24, 2.45) is 0 Å². The molecule has 1 aromatic carbocycles. The molecule has 0 amide bonds. The van der Waals surface area contributed by atoms with Crippen LogP contribution in [0.3, 0.4) is 0 Å². The van der Waals surface area contributed by atoms with Crippen LogP contribution in [-0.4, -0.2) is 17.9 Å². The van der Waals surface area contributed by atoms with Gasteiger partial charge in [-0.1, -0.05) is 33.6 Å². The molecule has 0 aliphatic carbocycles. The van der Waals surface area contributed by atoms with Crippen molar-refractivity contribution in [3.8, 4) is 5.75 Å². The second-order valence-corrected chi connectivity index (χ2v) is 4.05. The lowest BCUT2D eigenvalue weighted by atomic mass is 10.3. The molecule has 5 heteroatoms. The van der Waals surface area contributed by atoms with Crippen molar-refractivity contribution < 1.29 is 14.3 Å². The summed E-state index contributed by atoms with van der Waals surface area (Å²) < 4.78 is 10.3. The molecule has 0 spiro atoms. The summed E-state index contributed by atoms with van der Waals surface area (Å²) in [5.41, 5.74) is 0. The van der Waals surface area contributed by atoms with Crippen LogP contribution in [0.15, 0.2) is 36.1 Å². The van der Waals surface area contributed by atoms with Crippen molar-refractivity contribution >= 4 is 33.5 Å². The summed E-state index contributed by atoms with van der Waals surface area (Å²) in [4.78, 5) is 11.2. The minimum Gasteiger partial charge on any atom is -0.463 e. The molecule has 0 aliphatic heterocycles. The molecule has 0 radical (unpaired) electrons. The van der Waals surface area contributed by atoms with Crippen LogP contribution in [0.2, 0.25) is 5.02 Å². The maximum absolute atomic E-state index is 11.2. The molecule has 0 heterocycles. The first kappa shape index (κ1) is 14.1. The number of ether oxygens (including phenoxy) is 2. The molecular formula is C12H12BrClO3. The molecule has 0 bridgehead atoms. The topological polar surface area (TPSA) is 35.5 Å². The normalized spacial score (nSPS) is 11.1. The lowest BCUT2D eigenvalue weighted by Crippen LogP contribution is -2.05. The molecule has 1 rings (SSSR count). The van der Waals surface area contributed by atoms with Gasteiger partial charge in [-0.15, -0.1) is 0 Å². The van der Waals surface area contributed by atoms with Crippen LogP contribution in [0.1, 0.15) is 6.92 Å². The van der Waals surface area contributed by atoms with Gasteiger partial charge >= 0.3 is 5.97 Å². The largest absolute Gasteiger partial charge is 0.463 e. The van der Waals surface area contributed by atoms with Gasteiger partial charge in [0.05, 0.1) is 18.0 Å². The number of carbonyl (C=O) groups excluding carboxylic acids is 1. The van der Waals surface area contributed by atoms with Crippen LogP contribution >= 0.6 is 27.5 Å². The van der Waals surface area contributed by atoms with E-state index in [4.69, 9.17) is 21.1 Å². The zero-order chi connectivity index (χ0) is 12.7. The Morgan fingerprint density at radius 3 is 2.88 bits per heavy atom. The Kier molecular flexibility index (Phi) is 6.08. The first-order chi connectivity index (χ1) is 8.15. The van der Waals surface area contributed by atoms with Crippen molar-refractivity contribution in [1.82, 2.24) is 0 Å². The first-order valence-corrected chi connectivity index (χ1v) is 6.52. The zero-order valence-electron chi connectivity index (χ0n) is 9.28. The second-order valence-electron chi connectivity index (χ2n) is 3.06. The predicted octanol–water partition coefficient (Wildman–Crippen LogP) is 3.56. The summed E-state index contributed by atoms with van der Waals surface area (Å²) in [5, 5.41) is 0.991. The fraction of sp³-hybridized carbons (Fsp3) is 0.250. The Hall–Kier alpha value is -1.00. The molecule has 1 aromatic rings. The minimum atomic E-state index is -0.427. The lowest BCUT2D eigenvalue weighted by molar-refractivity contribution is -0.137. The third-order valence-electron chi connectivity index (χ3n) is 1.74. The molecule has 0 unspecified atom stereocenters. The Labute approximate surface area is 113 Å². The van der Waals surface area contributed by atoms with E-state index < -0.39 is 5.97 Å². The molecule has 0 saturated heterocycles. The molecule has 0 aromatic heterocycles. The van der Waals surface area contributed by atoms with E-state index in [2.05, 4.69) is 15.9 Å². The average molecular weight is 320 g/mol. The van der Waals surface area contributed by atoms with Crippen molar-refractivity contribution in [3.63, 3.8) is 0 Å². The standard InChI is InChI=1S/C12H12BrClO3/c1-2-16-12(15)7-11(8-13)17-10-5-3-4-9(14)6-10/h3-7H,2,8H2,1H3. The Balaban J connectivity index is 2.73. The van der Waals surface area contributed by atoms with Gasteiger partial charge in [0.25, 0.3) is 0 Å². The maximum atomic E-state index is 11.2. The highest BCUT2D eigenvalue weighted by Gasteiger charge is 2.04. The van der Waals surface area contributed by atoms with Crippen molar-refractivity contribution in [1.29, 1.82) is 0 Å². The van der Waals surface area contributed by atoms with E-state index in [0.29, 0.717) is 28.5 Å². The van der Waals surface area contributed by atoms with Gasteiger partial charge in [-0.3, -0.25) is 0 Å². The summed E-state index contributed by atoms with van der Waals surface area (Å²) in [6.07, 6.45) is 1.30. The molecule has 17 heavy (non-hydrogen) atoms. The summed E-state index contributed by atoms with van der Waals surface area (Å²) in [6.45, 7) is 2.08. The van der Waals surface area contributed by atoms with Gasteiger partial charge in [-0.2, -0.15) is 0 Å². The second kappa shape index (κ2) is 7.35. The van der Waals surface area contributed by atoms with Crippen LogP contribution < -0.4 is 4.74 Å². The summed E-state index contributed by atoms with van der Waals surface area (Å²) in [7, 11) is 0. The quantitative estimate of drug-likeness (QED) is 0.360. The number of rotatable bonds is 5. The Morgan fingerprint density at radius 1 is 1.53 bits per heavy atom. The molecule has 0 atom stereocenters. The van der Waals surface area contributed by atoms with Gasteiger partial charge in [0, 0.05) is 5.02 Å². The van der Waals surface area contributed by atoms with Gasteiger partial charge in [-0.25, -0.2) is 4.79 Å². The third-order valence-corrected chi connectivity index (χ3v) is 2.53. The van der Waals surface area contributed by atoms with Crippen LogP contribution in [0, 0.1) is 0 Å². The number of hydrogen-bond acceptors (Lipinski definition) is 3. The van der Waals surface area contributed by atoms with E-state index in [0.717, 1.165) is 0 Å². The molecule has 3 nitrogen and oxygen atoms in total. The number of benzene rings is 1. The van der Waals surface area contributed by atoms with E-state index in [1.807, 2.05) is 0 Å². The number of halogens is 2. The highest BCUT2D eigenvalue weighted by atomic mass is 79.9. The highest BCUT2D eigenvalue weighted by Crippen LogP contribution is 2.19. The monoisotopic (exact) mass is 318 g/mol. The van der Waals surface area contributed by atoms with E-state index in [1.165, 1.54) is 6.08 Å². The van der Waals surface area contributed by atoms with Gasteiger partial charge in [-0.05, 0) is 25.1 Å². The molecule has 0 saturated carbocycles. The number of esters is 1. The number of alkyl halides is 1. The Morgan fingerprint density at radius 2 is 2.29 bits per heavy atom. The molecule has 0 fully saturated rings. The molecule has 0 N–H and O–H groups in total. The zero-order valence-corrected chi connectivity index (χ0v) is 11.6. The van der Waals surface area contributed by atoms with Gasteiger partial charge in [0.2, 0.25) is 0 Å². The van der Waals surface area contributed by atoms with E-state index in [1.54, 1.807) is 31.2 Å². The smallest absolute Gasteiger partial charge is 0.334 e. The van der Waals surface area contributed by atoms with Gasteiger partial charge in [0.15, 0.2) is 0 Å². The molecule has 0 aliphatic rings. The minimum absolute atomic E-state index is 0.335. The third kappa shape index (κ3) is 5.24. The highest BCUT2D eigenvalue weighted by molar-refractivity contribution is 9.09. The van der Waals surface area contributed by atoms with Gasteiger partial charge in [0.1, 0.15) is 11.5 Å². The van der Waals surface area contributed by atoms with Crippen LogP contribution in [0.5, 0.6) is 5.75 Å². The van der Waals surface area contributed by atoms with Crippen molar-refractivity contribution in [2.75, 3.05) is 11.9 Å². The lowest BCUT2D eigenvalue weighted by Gasteiger charge is -2.07. The van der Waals surface area contributed by atoms with Crippen LogP contribution in [0.4, 0.5) is 0 Å². The number of carbonyl (C=O) groups is 1. The average Bonchev–Trinajstić information content (AvgIpc) is 2.28. The van der Waals surface area contributed by atoms with Crippen molar-refractivity contribution in [3.05, 3.63) is 41.1 Å². The van der Waals surface area contributed by atoms with Crippen LogP contribution in [0.25, 0.3) is 0 Å². The summed E-state index contributed by atoms with van der Waals surface area (Å²) in [5.74, 6) is 0.613. The van der Waals surface area contributed by atoms with Gasteiger partial charge < -0.3 is 9.47 Å². The van der Waals surface area contributed by atoms with Crippen molar-refractivity contribution in [2.45, 2.75) is 6.92 Å². The predicted molar refractivity (Wildman–Crippen MR) is 70.6 cm³/mol. The van der Waals surface area contributed by atoms with Crippen LogP contribution in [-0.2, 0) is 9.53 Å². The number of allylic oxidation sites excluding steroid dienone is 1. The SMILES string of the molecule is CCOC(=O)C=C(CBr)Oc1cccc(Cl)c1. The number of hydrogen-bond donors (Lipinski definition) is 0. The fourth-order valence-corrected chi connectivity index (χ4v) is 1.55. The fourth-order valence-electron chi connectivity index (χ4n) is 1.09. The molecular weight excluding hydrogens is 307 g/mol. The maximum Gasteiger partial charge on any atom is 0.334 e. The van der Waals surface area contributed by atoms with E-state index >= 15 is 0 Å². The van der Waals surface area contributed by atoms with E-state index in [9.17, 15) is 4.79 Å². The van der Waals surface area contributed by atoms with E-state index in [-0.39, 0.29) is 0 Å².